The fourth-order valence-corrected chi connectivity index (χ4v) is 2.72. The van der Waals surface area contributed by atoms with Crippen LogP contribution in [-0.2, 0) is 4.74 Å². The van der Waals surface area contributed by atoms with E-state index in [-0.39, 0.29) is 5.41 Å². The smallest absolute Gasteiger partial charge is 0.0567 e. The van der Waals surface area contributed by atoms with Crippen molar-refractivity contribution in [1.82, 2.24) is 4.90 Å². The summed E-state index contributed by atoms with van der Waals surface area (Å²) in [5.74, 6) is 0.768. The van der Waals surface area contributed by atoms with Gasteiger partial charge in [-0.2, -0.15) is 0 Å². The Balaban J connectivity index is 1.83. The summed E-state index contributed by atoms with van der Waals surface area (Å²) in [5.41, 5.74) is 0.114. The van der Waals surface area contributed by atoms with Gasteiger partial charge in [-0.05, 0) is 38.8 Å². The van der Waals surface area contributed by atoms with Crippen molar-refractivity contribution in [2.45, 2.75) is 19.3 Å². The number of aliphatic hydroxyl groups excluding tert-OH is 1. The summed E-state index contributed by atoms with van der Waals surface area (Å²) in [6.07, 6.45) is 3.78. The fourth-order valence-electron chi connectivity index (χ4n) is 2.72. The lowest BCUT2D eigenvalue weighted by molar-refractivity contribution is -0.149. The lowest BCUT2D eigenvalue weighted by Crippen LogP contribution is -2.48. The van der Waals surface area contributed by atoms with Crippen molar-refractivity contribution < 1.29 is 9.84 Å². The minimum absolute atomic E-state index is 0.114. The molecule has 2 aliphatic rings. The summed E-state index contributed by atoms with van der Waals surface area (Å²) in [4.78, 5) is 2.40. The second kappa shape index (κ2) is 4.17. The molecule has 0 aromatic heterocycles. The first-order valence-electron chi connectivity index (χ1n) is 5.61. The van der Waals surface area contributed by atoms with Crippen LogP contribution in [0.2, 0.25) is 0 Å². The molecule has 0 radical (unpaired) electrons. The summed E-state index contributed by atoms with van der Waals surface area (Å²) < 4.78 is 5.22. The third-order valence-corrected chi connectivity index (χ3v) is 3.60. The van der Waals surface area contributed by atoms with Crippen LogP contribution >= 0.6 is 0 Å². The average Bonchev–Trinajstić information content (AvgIpc) is 2.11. The molecule has 1 atom stereocenters. The highest BCUT2D eigenvalue weighted by Crippen LogP contribution is 2.36. The van der Waals surface area contributed by atoms with Gasteiger partial charge in [-0.15, -0.1) is 0 Å². The Morgan fingerprint density at radius 3 is 2.79 bits per heavy atom. The zero-order chi connectivity index (χ0) is 10.0. The average molecular weight is 199 g/mol. The van der Waals surface area contributed by atoms with Crippen LogP contribution in [0.4, 0.5) is 0 Å². The molecular formula is C11H21NO2. The molecule has 2 aliphatic heterocycles. The van der Waals surface area contributed by atoms with Crippen molar-refractivity contribution in [3.05, 3.63) is 0 Å². The van der Waals surface area contributed by atoms with Crippen molar-refractivity contribution in [3.63, 3.8) is 0 Å². The molecule has 82 valence electrons. The molecule has 0 saturated carbocycles. The molecule has 2 heterocycles. The number of hydrogen-bond acceptors (Lipinski definition) is 3. The number of aliphatic hydroxyl groups is 1. The summed E-state index contributed by atoms with van der Waals surface area (Å²) in [6.45, 7) is 4.27. The molecule has 1 N–H and O–H groups in total. The number of hydrogen-bond donors (Lipinski definition) is 1. The molecule has 0 bridgehead atoms. The zero-order valence-electron chi connectivity index (χ0n) is 9.04. The molecule has 14 heavy (non-hydrogen) atoms. The van der Waals surface area contributed by atoms with E-state index in [4.69, 9.17) is 4.74 Å². The van der Waals surface area contributed by atoms with E-state index in [2.05, 4.69) is 11.9 Å². The van der Waals surface area contributed by atoms with Crippen molar-refractivity contribution in [2.24, 2.45) is 11.3 Å². The van der Waals surface area contributed by atoms with Gasteiger partial charge in [0, 0.05) is 12.0 Å². The van der Waals surface area contributed by atoms with Gasteiger partial charge in [-0.1, -0.05) is 0 Å². The Bertz CT molecular complexity index is 186. The van der Waals surface area contributed by atoms with E-state index in [0.29, 0.717) is 6.61 Å². The third kappa shape index (κ3) is 2.10. The first-order chi connectivity index (χ1) is 6.74. The standard InChI is InChI=1S/C11H21NO2/c1-12-4-2-3-10(6-12)5-11(7-13)8-14-9-11/h10,13H,2-9H2,1H3. The summed E-state index contributed by atoms with van der Waals surface area (Å²) in [5, 5.41) is 9.34. The highest BCUT2D eigenvalue weighted by molar-refractivity contribution is 4.88. The largest absolute Gasteiger partial charge is 0.396 e. The van der Waals surface area contributed by atoms with Gasteiger partial charge in [0.15, 0.2) is 0 Å². The van der Waals surface area contributed by atoms with Crippen molar-refractivity contribution in [2.75, 3.05) is 40.0 Å². The van der Waals surface area contributed by atoms with E-state index in [1.807, 2.05) is 0 Å². The lowest BCUT2D eigenvalue weighted by atomic mass is 9.76. The van der Waals surface area contributed by atoms with Gasteiger partial charge >= 0.3 is 0 Å². The number of nitrogens with zero attached hydrogens (tertiary/aromatic N) is 1. The minimum Gasteiger partial charge on any atom is -0.396 e. The topological polar surface area (TPSA) is 32.7 Å². The first kappa shape index (κ1) is 10.4. The van der Waals surface area contributed by atoms with Crippen LogP contribution in [0.15, 0.2) is 0 Å². The Kier molecular flexibility index (Phi) is 3.10. The van der Waals surface area contributed by atoms with E-state index in [0.717, 1.165) is 25.6 Å². The van der Waals surface area contributed by atoms with Crippen molar-refractivity contribution in [3.8, 4) is 0 Å². The Morgan fingerprint density at radius 2 is 2.29 bits per heavy atom. The normalized spacial score (nSPS) is 32.6. The number of rotatable bonds is 3. The molecule has 0 aromatic carbocycles. The van der Waals surface area contributed by atoms with Gasteiger partial charge in [0.05, 0.1) is 19.8 Å². The maximum Gasteiger partial charge on any atom is 0.0567 e. The predicted octanol–water partition coefficient (Wildman–Crippen LogP) is 0.727. The van der Waals surface area contributed by atoms with Gasteiger partial charge in [0.2, 0.25) is 0 Å². The Hall–Kier alpha value is -0.120. The maximum absolute atomic E-state index is 9.34. The third-order valence-electron chi connectivity index (χ3n) is 3.60. The van der Waals surface area contributed by atoms with Crippen LogP contribution in [0.25, 0.3) is 0 Å². The molecule has 0 spiro atoms. The monoisotopic (exact) mass is 199 g/mol. The molecule has 1 unspecified atom stereocenters. The number of ether oxygens (including phenoxy) is 1. The van der Waals surface area contributed by atoms with Crippen molar-refractivity contribution >= 4 is 0 Å². The van der Waals surface area contributed by atoms with Crippen LogP contribution in [0.3, 0.4) is 0 Å². The Morgan fingerprint density at radius 1 is 1.50 bits per heavy atom. The minimum atomic E-state index is 0.114. The molecule has 0 aromatic rings. The Labute approximate surface area is 86.0 Å². The molecule has 2 rings (SSSR count). The fraction of sp³-hybridized carbons (Fsp3) is 1.00. The number of likely N-dealkylation sites (tertiary alicyclic amines) is 1. The van der Waals surface area contributed by atoms with E-state index in [1.165, 1.54) is 25.9 Å². The van der Waals surface area contributed by atoms with E-state index in [9.17, 15) is 5.11 Å². The van der Waals surface area contributed by atoms with Crippen LogP contribution in [0.1, 0.15) is 19.3 Å². The molecule has 0 amide bonds. The SMILES string of the molecule is CN1CCCC(CC2(CO)COC2)C1. The van der Waals surface area contributed by atoms with E-state index in [1.54, 1.807) is 0 Å². The van der Waals surface area contributed by atoms with Gasteiger partial charge in [-0.25, -0.2) is 0 Å². The molecule has 0 aliphatic carbocycles. The molecule has 2 saturated heterocycles. The summed E-state index contributed by atoms with van der Waals surface area (Å²) in [7, 11) is 2.19. The molecular weight excluding hydrogens is 178 g/mol. The second-order valence-electron chi connectivity index (χ2n) is 5.13. The van der Waals surface area contributed by atoms with Crippen molar-refractivity contribution in [1.29, 1.82) is 0 Å². The lowest BCUT2D eigenvalue weighted by Gasteiger charge is -2.44. The molecule has 2 fully saturated rings. The van der Waals surface area contributed by atoms with Gasteiger partial charge in [-0.3, -0.25) is 0 Å². The maximum atomic E-state index is 9.34. The van der Waals surface area contributed by atoms with E-state index < -0.39 is 0 Å². The van der Waals surface area contributed by atoms with Crippen LogP contribution in [0.5, 0.6) is 0 Å². The second-order valence-corrected chi connectivity index (χ2v) is 5.13. The van der Waals surface area contributed by atoms with Crippen LogP contribution < -0.4 is 0 Å². The van der Waals surface area contributed by atoms with Crippen LogP contribution in [0, 0.1) is 11.3 Å². The summed E-state index contributed by atoms with van der Waals surface area (Å²) >= 11 is 0. The predicted molar refractivity (Wildman–Crippen MR) is 55.2 cm³/mol. The van der Waals surface area contributed by atoms with Gasteiger partial charge in [0.25, 0.3) is 0 Å². The van der Waals surface area contributed by atoms with Gasteiger partial charge in [0.1, 0.15) is 0 Å². The van der Waals surface area contributed by atoms with Crippen LogP contribution in [-0.4, -0.2) is 50.0 Å². The quantitative estimate of drug-likeness (QED) is 0.727. The van der Waals surface area contributed by atoms with Gasteiger partial charge < -0.3 is 14.7 Å². The molecule has 3 nitrogen and oxygen atoms in total. The van der Waals surface area contributed by atoms with E-state index >= 15 is 0 Å². The first-order valence-corrected chi connectivity index (χ1v) is 5.61. The molecule has 3 heteroatoms. The number of piperidine rings is 1. The highest BCUT2D eigenvalue weighted by atomic mass is 16.5. The summed E-state index contributed by atoms with van der Waals surface area (Å²) in [6, 6.07) is 0. The highest BCUT2D eigenvalue weighted by Gasteiger charge is 2.40. The zero-order valence-corrected chi connectivity index (χ0v) is 9.04.